The third-order valence-corrected chi connectivity index (χ3v) is 8.28. The van der Waals surface area contributed by atoms with Gasteiger partial charge in [0.1, 0.15) is 16.9 Å². The standard InChI is InChI=1S/C33H29N6S.BrH/c1-2-4-27(5-3-1)22-40-33-31-32(34-23-35-33)39(24-36-31)21-26-8-12-29(13-9-26)28-10-6-25(7-11-28)20-37-16-14-30(15-17-37)38-18-19-38;/h1-17,23-24H,18-22H2;1H/q+1;/p-1. The van der Waals surface area contributed by atoms with E-state index in [1.54, 1.807) is 18.1 Å². The van der Waals surface area contributed by atoms with Gasteiger partial charge in [-0.3, -0.25) is 0 Å². The number of rotatable bonds is 9. The van der Waals surface area contributed by atoms with Crippen molar-refractivity contribution in [3.63, 3.8) is 0 Å². The van der Waals surface area contributed by atoms with E-state index in [9.17, 15) is 0 Å². The van der Waals surface area contributed by atoms with Crippen LogP contribution in [0.1, 0.15) is 16.7 Å². The summed E-state index contributed by atoms with van der Waals surface area (Å²) < 4.78 is 4.33. The first-order chi connectivity index (χ1) is 19.8. The number of benzene rings is 3. The Balaban J connectivity index is 0.00000302. The minimum atomic E-state index is 0. The number of hydrogen-bond donors (Lipinski definition) is 0. The Kier molecular flexibility index (Phi) is 8.11. The summed E-state index contributed by atoms with van der Waals surface area (Å²) >= 11 is 1.70. The highest BCUT2D eigenvalue weighted by Crippen LogP contribution is 2.27. The van der Waals surface area contributed by atoms with E-state index in [0.29, 0.717) is 6.54 Å². The second kappa shape index (κ2) is 12.2. The first kappa shape index (κ1) is 27.2. The number of thioether (sulfide) groups is 1. The molecule has 6 aromatic rings. The molecular formula is C33H29BrN6S. The van der Waals surface area contributed by atoms with Gasteiger partial charge in [0.25, 0.3) is 0 Å². The lowest BCUT2D eigenvalue weighted by atomic mass is 10.0. The van der Waals surface area contributed by atoms with E-state index >= 15 is 0 Å². The maximum absolute atomic E-state index is 4.66. The molecule has 0 aliphatic carbocycles. The first-order valence-electron chi connectivity index (χ1n) is 13.5. The molecule has 6 nitrogen and oxygen atoms in total. The molecule has 0 atom stereocenters. The average Bonchev–Trinajstić information content (AvgIpc) is 3.78. The zero-order valence-corrected chi connectivity index (χ0v) is 24.9. The number of fused-ring (bicyclic) bond motifs is 1. The van der Waals surface area contributed by atoms with E-state index in [-0.39, 0.29) is 17.0 Å². The van der Waals surface area contributed by atoms with Crippen LogP contribution in [-0.2, 0) is 18.8 Å². The highest BCUT2D eigenvalue weighted by molar-refractivity contribution is 7.98. The Hall–Kier alpha value is -4.01. The smallest absolute Gasteiger partial charge is 0.173 e. The predicted molar refractivity (Wildman–Crippen MR) is 160 cm³/mol. The fourth-order valence-corrected chi connectivity index (χ4v) is 5.79. The topological polar surface area (TPSA) is 50.5 Å². The lowest BCUT2D eigenvalue weighted by Gasteiger charge is -2.07. The lowest BCUT2D eigenvalue weighted by molar-refractivity contribution is -0.688. The van der Waals surface area contributed by atoms with Gasteiger partial charge in [0.05, 0.1) is 12.9 Å². The molecule has 1 aliphatic heterocycles. The van der Waals surface area contributed by atoms with Gasteiger partial charge in [0.2, 0.25) is 0 Å². The van der Waals surface area contributed by atoms with Crippen LogP contribution in [0.3, 0.4) is 0 Å². The molecule has 7 rings (SSSR count). The quantitative estimate of drug-likeness (QED) is 0.108. The van der Waals surface area contributed by atoms with Crippen molar-refractivity contribution in [3.05, 3.63) is 133 Å². The third-order valence-electron chi connectivity index (χ3n) is 7.23. The molecule has 0 spiro atoms. The maximum atomic E-state index is 4.66. The summed E-state index contributed by atoms with van der Waals surface area (Å²) in [6.07, 6.45) is 7.84. The highest BCUT2D eigenvalue weighted by atomic mass is 79.9. The monoisotopic (exact) mass is 620 g/mol. The van der Waals surface area contributed by atoms with Crippen LogP contribution in [0, 0.1) is 0 Å². The third kappa shape index (κ3) is 6.34. The predicted octanol–water partition coefficient (Wildman–Crippen LogP) is 2.99. The Labute approximate surface area is 254 Å². The summed E-state index contributed by atoms with van der Waals surface area (Å²) in [6.45, 7) is 3.94. The van der Waals surface area contributed by atoms with Gasteiger partial charge in [-0.1, -0.05) is 90.6 Å². The van der Waals surface area contributed by atoms with Crippen molar-refractivity contribution in [3.8, 4) is 11.1 Å². The number of halogens is 1. The first-order valence-corrected chi connectivity index (χ1v) is 14.5. The van der Waals surface area contributed by atoms with E-state index in [1.165, 1.54) is 46.6 Å². The van der Waals surface area contributed by atoms with E-state index in [4.69, 9.17) is 0 Å². The van der Waals surface area contributed by atoms with Crippen LogP contribution in [-0.4, -0.2) is 32.6 Å². The Bertz CT molecular complexity index is 1730. The Morgan fingerprint density at radius 1 is 0.707 bits per heavy atom. The Morgan fingerprint density at radius 2 is 1.39 bits per heavy atom. The minimum Gasteiger partial charge on any atom is -1.00 e. The summed E-state index contributed by atoms with van der Waals surface area (Å²) in [5, 5.41) is 0.915. The van der Waals surface area contributed by atoms with E-state index in [1.807, 2.05) is 12.4 Å². The average molecular weight is 622 g/mol. The lowest BCUT2D eigenvalue weighted by Crippen LogP contribution is -3.00. The van der Waals surface area contributed by atoms with Crippen molar-refractivity contribution in [1.82, 2.24) is 19.5 Å². The summed E-state index contributed by atoms with van der Waals surface area (Å²) in [5.74, 6) is 0.854. The molecule has 1 aliphatic rings. The van der Waals surface area contributed by atoms with Crippen LogP contribution < -0.4 is 26.4 Å². The maximum Gasteiger partial charge on any atom is 0.173 e. The summed E-state index contributed by atoms with van der Waals surface area (Å²) in [5.41, 5.74) is 9.23. The number of pyridine rings is 1. The Morgan fingerprint density at radius 3 is 2.07 bits per heavy atom. The molecule has 0 bridgehead atoms. The van der Waals surface area contributed by atoms with Gasteiger partial charge in [-0.15, -0.1) is 0 Å². The minimum absolute atomic E-state index is 0. The van der Waals surface area contributed by atoms with Gasteiger partial charge in [-0.05, 0) is 22.3 Å². The van der Waals surface area contributed by atoms with Crippen molar-refractivity contribution >= 4 is 28.6 Å². The van der Waals surface area contributed by atoms with Gasteiger partial charge in [0.15, 0.2) is 24.6 Å². The number of aromatic nitrogens is 5. The second-order valence-corrected chi connectivity index (χ2v) is 11.1. The molecule has 41 heavy (non-hydrogen) atoms. The summed E-state index contributed by atoms with van der Waals surface area (Å²) in [6, 6.07) is 32.5. The van der Waals surface area contributed by atoms with Crippen LogP contribution >= 0.6 is 11.8 Å². The number of nitrogens with zero attached hydrogens (tertiary/aromatic N) is 6. The molecule has 0 unspecified atom stereocenters. The van der Waals surface area contributed by atoms with Crippen molar-refractivity contribution in [2.45, 2.75) is 23.9 Å². The van der Waals surface area contributed by atoms with Crippen molar-refractivity contribution < 1.29 is 21.5 Å². The molecular weight excluding hydrogens is 592 g/mol. The molecule has 3 aromatic carbocycles. The van der Waals surface area contributed by atoms with Crippen LogP contribution in [0.5, 0.6) is 0 Å². The number of imidazole rings is 1. The van der Waals surface area contributed by atoms with Crippen molar-refractivity contribution in [1.29, 1.82) is 0 Å². The zero-order chi connectivity index (χ0) is 26.7. The van der Waals surface area contributed by atoms with Crippen molar-refractivity contribution in [2.24, 2.45) is 0 Å². The van der Waals surface area contributed by atoms with Gasteiger partial charge < -0.3 is 26.4 Å². The van der Waals surface area contributed by atoms with E-state index < -0.39 is 0 Å². The normalized spacial score (nSPS) is 12.3. The summed E-state index contributed by atoms with van der Waals surface area (Å²) in [7, 11) is 0. The van der Waals surface area contributed by atoms with Crippen LogP contribution in [0.4, 0.5) is 5.69 Å². The zero-order valence-electron chi connectivity index (χ0n) is 22.5. The molecule has 1 saturated heterocycles. The molecule has 1 fully saturated rings. The van der Waals surface area contributed by atoms with Gasteiger partial charge >= 0.3 is 0 Å². The number of hydrogen-bond acceptors (Lipinski definition) is 5. The SMILES string of the molecule is [Br-].c1ccc(CSc2ncnc3c2ncn3Cc2ccc(-c3ccc(C[n+]4ccc(N5CC5)cc4)cc3)cc2)cc1. The van der Waals surface area contributed by atoms with Gasteiger partial charge in [-0.2, -0.15) is 0 Å². The molecule has 0 amide bonds. The molecule has 8 heteroatoms. The van der Waals surface area contributed by atoms with Crippen LogP contribution in [0.15, 0.2) is 121 Å². The molecule has 3 aromatic heterocycles. The van der Waals surface area contributed by atoms with Crippen LogP contribution in [0.25, 0.3) is 22.3 Å². The highest BCUT2D eigenvalue weighted by Gasteiger charge is 2.18. The van der Waals surface area contributed by atoms with Gasteiger partial charge in [-0.25, -0.2) is 19.5 Å². The van der Waals surface area contributed by atoms with E-state index in [2.05, 4.69) is 126 Å². The van der Waals surface area contributed by atoms with E-state index in [0.717, 1.165) is 28.5 Å². The largest absolute Gasteiger partial charge is 1.00 e. The molecule has 204 valence electrons. The van der Waals surface area contributed by atoms with Crippen molar-refractivity contribution in [2.75, 3.05) is 18.0 Å². The summed E-state index contributed by atoms with van der Waals surface area (Å²) in [4.78, 5) is 16.1. The molecule has 0 saturated carbocycles. The van der Waals surface area contributed by atoms with Crippen LogP contribution in [0.2, 0.25) is 0 Å². The molecule has 0 N–H and O–H groups in total. The fraction of sp³-hybridized carbons (Fsp3) is 0.152. The number of anilines is 1. The second-order valence-electron chi connectivity index (χ2n) is 10.1. The fourth-order valence-electron chi connectivity index (χ4n) is 4.89. The van der Waals surface area contributed by atoms with Gasteiger partial charge in [0, 0.05) is 42.2 Å². The molecule has 0 radical (unpaired) electrons. The molecule has 4 heterocycles.